The van der Waals surface area contributed by atoms with Crippen molar-refractivity contribution in [1.29, 1.82) is 0 Å². The van der Waals surface area contributed by atoms with E-state index < -0.39 is 29.4 Å². The molecule has 0 fully saturated rings. The van der Waals surface area contributed by atoms with Gasteiger partial charge in [0.25, 0.3) is 5.56 Å². The lowest BCUT2D eigenvalue weighted by Gasteiger charge is -2.19. The van der Waals surface area contributed by atoms with Gasteiger partial charge in [0.2, 0.25) is 0 Å². The van der Waals surface area contributed by atoms with Crippen molar-refractivity contribution in [3.8, 4) is 22.3 Å². The van der Waals surface area contributed by atoms with Crippen molar-refractivity contribution >= 4 is 29.2 Å². The number of nitrogens with zero attached hydrogens (tertiary/aromatic N) is 2. The Kier molecular flexibility index (Phi) is 5.43. The number of carboxylic acid groups (broad SMARTS) is 1. The van der Waals surface area contributed by atoms with Gasteiger partial charge in [-0.1, -0.05) is 17.7 Å². The molecule has 0 bridgehead atoms. The number of hydrogen-bond acceptors (Lipinski definition) is 6. The third kappa shape index (κ3) is 3.31. The van der Waals surface area contributed by atoms with E-state index in [4.69, 9.17) is 22.1 Å². The number of rotatable bonds is 4. The molecule has 1 unspecified atom stereocenters. The van der Waals surface area contributed by atoms with E-state index in [0.29, 0.717) is 5.56 Å². The van der Waals surface area contributed by atoms with E-state index in [1.54, 1.807) is 6.07 Å². The third-order valence-electron chi connectivity index (χ3n) is 5.50. The first-order chi connectivity index (χ1) is 15.3. The Morgan fingerprint density at radius 3 is 2.69 bits per heavy atom. The van der Waals surface area contributed by atoms with Crippen LogP contribution in [-0.2, 0) is 16.0 Å². The molecule has 164 valence electrons. The van der Waals surface area contributed by atoms with E-state index in [2.05, 4.69) is 4.98 Å². The van der Waals surface area contributed by atoms with Crippen molar-refractivity contribution in [2.75, 3.05) is 12.8 Å². The number of hydrogen-bond donors (Lipinski definition) is 2. The minimum Gasteiger partial charge on any atom is -0.480 e. The Hall–Kier alpha value is -3.72. The monoisotopic (exact) mass is 457 g/mol. The van der Waals surface area contributed by atoms with Gasteiger partial charge in [0, 0.05) is 34.6 Å². The van der Waals surface area contributed by atoms with Crippen LogP contribution in [0.5, 0.6) is 0 Å². The maximum atomic E-state index is 15.5. The van der Waals surface area contributed by atoms with Crippen LogP contribution in [0.15, 0.2) is 41.5 Å². The van der Waals surface area contributed by atoms with Gasteiger partial charge in [-0.3, -0.25) is 14.3 Å². The molecule has 0 saturated heterocycles. The summed E-state index contributed by atoms with van der Waals surface area (Å²) in [5.74, 6) is -2.89. The van der Waals surface area contributed by atoms with Crippen LogP contribution in [0, 0.1) is 5.82 Å². The first-order valence-electron chi connectivity index (χ1n) is 9.54. The Bertz CT molecular complexity index is 1340. The molecule has 4 rings (SSSR count). The van der Waals surface area contributed by atoms with Gasteiger partial charge in [-0.2, -0.15) is 0 Å². The molecular weight excluding hydrogens is 441 g/mol. The maximum absolute atomic E-state index is 15.5. The first kappa shape index (κ1) is 21.5. The van der Waals surface area contributed by atoms with Gasteiger partial charge < -0.3 is 15.6 Å². The van der Waals surface area contributed by atoms with Crippen LogP contribution in [0.3, 0.4) is 0 Å². The van der Waals surface area contributed by atoms with Crippen molar-refractivity contribution < 1.29 is 23.8 Å². The number of nitrogen functional groups attached to an aromatic ring is 1. The van der Waals surface area contributed by atoms with Crippen LogP contribution < -0.4 is 11.3 Å². The second-order valence-corrected chi connectivity index (χ2v) is 7.63. The molecule has 0 saturated carbocycles. The number of aliphatic carboxylic acids is 1. The lowest BCUT2D eigenvalue weighted by atomic mass is 9.90. The molecule has 1 atom stereocenters. The van der Waals surface area contributed by atoms with Gasteiger partial charge in [0.15, 0.2) is 0 Å². The number of fused-ring (bicyclic) bond motifs is 1. The summed E-state index contributed by atoms with van der Waals surface area (Å²) >= 11 is 6.05. The minimum atomic E-state index is -1.20. The van der Waals surface area contributed by atoms with E-state index in [-0.39, 0.29) is 51.5 Å². The summed E-state index contributed by atoms with van der Waals surface area (Å²) < 4.78 is 21.4. The zero-order chi connectivity index (χ0) is 23.2. The topological polar surface area (TPSA) is 125 Å². The molecule has 8 nitrogen and oxygen atoms in total. The fourth-order valence-corrected chi connectivity index (χ4v) is 4.27. The molecule has 1 aliphatic heterocycles. The molecule has 3 aromatic rings. The largest absolute Gasteiger partial charge is 0.480 e. The summed E-state index contributed by atoms with van der Waals surface area (Å²) in [6, 6.07) is 4.34. The maximum Gasteiger partial charge on any atom is 0.340 e. The second kappa shape index (κ2) is 8.08. The predicted octanol–water partition coefficient (Wildman–Crippen LogP) is 3.31. The Balaban J connectivity index is 2.12. The SMILES string of the molecule is COC(=O)c1c(-c2c(-c3ccncc3N)ccc(Cl)c2F)cc(=O)n2c1CCC2C(=O)O. The molecule has 0 aliphatic carbocycles. The summed E-state index contributed by atoms with van der Waals surface area (Å²) in [5, 5.41) is 9.26. The lowest BCUT2D eigenvalue weighted by Crippen LogP contribution is -2.29. The second-order valence-electron chi connectivity index (χ2n) is 7.22. The van der Waals surface area contributed by atoms with Crippen LogP contribution in [0.25, 0.3) is 22.3 Å². The molecule has 1 aromatic carbocycles. The highest BCUT2D eigenvalue weighted by Crippen LogP contribution is 2.42. The van der Waals surface area contributed by atoms with Crippen LogP contribution in [0.1, 0.15) is 28.5 Å². The lowest BCUT2D eigenvalue weighted by molar-refractivity contribution is -0.140. The van der Waals surface area contributed by atoms with Crippen LogP contribution >= 0.6 is 11.6 Å². The number of aromatic nitrogens is 2. The average molecular weight is 458 g/mol. The zero-order valence-electron chi connectivity index (χ0n) is 16.8. The fraction of sp³-hybridized carbons (Fsp3) is 0.182. The summed E-state index contributed by atoms with van der Waals surface area (Å²) in [6.45, 7) is 0. The molecule has 1 aliphatic rings. The van der Waals surface area contributed by atoms with Gasteiger partial charge in [-0.15, -0.1) is 0 Å². The molecule has 0 radical (unpaired) electrons. The number of nitrogens with two attached hydrogens (primary N) is 1. The highest BCUT2D eigenvalue weighted by atomic mass is 35.5. The van der Waals surface area contributed by atoms with Crippen molar-refractivity contribution in [2.45, 2.75) is 18.9 Å². The highest BCUT2D eigenvalue weighted by Gasteiger charge is 2.35. The summed E-state index contributed by atoms with van der Waals surface area (Å²) in [5.41, 5.74) is 6.23. The highest BCUT2D eigenvalue weighted by molar-refractivity contribution is 6.31. The standard InChI is InChI=1S/C22H17ClFN3O5/c1-32-22(31)19-12(8-17(28)27-15(19)4-5-16(27)21(29)30)18-11(2-3-13(23)20(18)24)10-6-7-26-9-14(10)25/h2-3,6-9,16H,4-5,25H2,1H3,(H,29,30). The van der Waals surface area contributed by atoms with Crippen LogP contribution in [0.4, 0.5) is 10.1 Å². The Morgan fingerprint density at radius 1 is 1.28 bits per heavy atom. The van der Waals surface area contributed by atoms with Crippen molar-refractivity contribution in [3.63, 3.8) is 0 Å². The molecule has 3 heterocycles. The van der Waals surface area contributed by atoms with Crippen molar-refractivity contribution in [1.82, 2.24) is 9.55 Å². The summed E-state index contributed by atoms with van der Waals surface area (Å²) in [7, 11) is 1.15. The predicted molar refractivity (Wildman–Crippen MR) is 115 cm³/mol. The smallest absolute Gasteiger partial charge is 0.340 e. The molecule has 2 aromatic heterocycles. The summed E-state index contributed by atoms with van der Waals surface area (Å²) in [4.78, 5) is 41.3. The number of benzene rings is 1. The fourth-order valence-electron chi connectivity index (χ4n) is 4.12. The Labute approximate surface area is 186 Å². The van der Waals surface area contributed by atoms with Gasteiger partial charge in [-0.05, 0) is 30.5 Å². The van der Waals surface area contributed by atoms with Crippen LogP contribution in [0.2, 0.25) is 5.02 Å². The number of methoxy groups -OCH3 is 1. The number of pyridine rings is 2. The van der Waals surface area contributed by atoms with E-state index in [1.807, 2.05) is 0 Å². The molecule has 10 heteroatoms. The van der Waals surface area contributed by atoms with E-state index >= 15 is 4.39 Å². The van der Waals surface area contributed by atoms with E-state index in [9.17, 15) is 19.5 Å². The van der Waals surface area contributed by atoms with E-state index in [0.717, 1.165) is 17.7 Å². The molecular formula is C22H17ClFN3O5. The quantitative estimate of drug-likeness (QED) is 0.576. The minimum absolute atomic E-state index is 0.0506. The normalized spacial score (nSPS) is 14.8. The van der Waals surface area contributed by atoms with Gasteiger partial charge >= 0.3 is 11.9 Å². The third-order valence-corrected chi connectivity index (χ3v) is 5.79. The van der Waals surface area contributed by atoms with Gasteiger partial charge in [-0.25, -0.2) is 14.0 Å². The number of carboxylic acids is 1. The number of esters is 1. The van der Waals surface area contributed by atoms with Crippen molar-refractivity contribution in [2.24, 2.45) is 0 Å². The van der Waals surface area contributed by atoms with Crippen molar-refractivity contribution in [3.05, 3.63) is 69.1 Å². The number of ether oxygens (including phenoxy) is 1. The number of anilines is 1. The molecule has 0 spiro atoms. The number of carbonyl (C=O) groups excluding carboxylic acids is 1. The molecule has 3 N–H and O–H groups in total. The van der Waals surface area contributed by atoms with Gasteiger partial charge in [0.05, 0.1) is 29.6 Å². The van der Waals surface area contributed by atoms with Crippen LogP contribution in [-0.4, -0.2) is 33.7 Å². The molecule has 32 heavy (non-hydrogen) atoms. The summed E-state index contributed by atoms with van der Waals surface area (Å²) in [6.07, 6.45) is 3.10. The zero-order valence-corrected chi connectivity index (χ0v) is 17.5. The van der Waals surface area contributed by atoms with E-state index in [1.165, 1.54) is 24.5 Å². The van der Waals surface area contributed by atoms with Gasteiger partial charge in [0.1, 0.15) is 11.9 Å². The first-order valence-corrected chi connectivity index (χ1v) is 9.91. The number of halogens is 2. The number of carbonyl (C=O) groups is 2. The Morgan fingerprint density at radius 2 is 2.03 bits per heavy atom. The average Bonchev–Trinajstić information content (AvgIpc) is 3.21. The molecule has 0 amide bonds.